The van der Waals surface area contributed by atoms with Crippen molar-refractivity contribution in [2.75, 3.05) is 55.4 Å². The molecule has 438 valence electrons. The molecular weight excluding hydrogens is 1020 g/mol. The zero-order chi connectivity index (χ0) is 60.9. The minimum atomic E-state index is -0.572. The Bertz CT molecular complexity index is 2820. The van der Waals surface area contributed by atoms with E-state index in [1.807, 2.05) is 40.7 Å². The van der Waals surface area contributed by atoms with Crippen molar-refractivity contribution in [2.45, 2.75) is 127 Å². The van der Waals surface area contributed by atoms with Crippen molar-refractivity contribution in [1.29, 1.82) is 0 Å². The first-order valence-corrected chi connectivity index (χ1v) is 25.4. The van der Waals surface area contributed by atoms with E-state index in [4.69, 9.17) is 37.9 Å². The molecule has 0 saturated heterocycles. The van der Waals surface area contributed by atoms with E-state index in [-0.39, 0.29) is 79.1 Å². The number of aromatic hydroxyl groups is 8. The van der Waals surface area contributed by atoms with E-state index < -0.39 is 23.7 Å². The molecule has 0 bridgehead atoms. The predicted molar refractivity (Wildman–Crippen MR) is 301 cm³/mol. The summed E-state index contributed by atoms with van der Waals surface area (Å²) in [5.74, 6) is -1.33. The molecule has 0 aliphatic rings. The number of ether oxygens (including phenoxy) is 8. The van der Waals surface area contributed by atoms with Crippen LogP contribution in [0.3, 0.4) is 0 Å². The summed E-state index contributed by atoms with van der Waals surface area (Å²) in [6, 6.07) is 10.7. The van der Waals surface area contributed by atoms with Crippen molar-refractivity contribution in [3.05, 3.63) is 98.1 Å². The second-order valence-corrected chi connectivity index (χ2v) is 19.8. The summed E-state index contributed by atoms with van der Waals surface area (Å²) in [6.07, 6.45) is 2.14. The van der Waals surface area contributed by atoms with Crippen molar-refractivity contribution in [3.8, 4) is 74.7 Å². The van der Waals surface area contributed by atoms with Gasteiger partial charge in [-0.1, -0.05) is 62.3 Å². The first kappa shape index (κ1) is 68.9. The number of hydrogen-bond acceptors (Lipinski definition) is 19. The molecule has 0 heterocycles. The fraction of sp³-hybridized carbons (Fsp3) is 0.450. The van der Waals surface area contributed by atoms with Gasteiger partial charge in [0.15, 0.2) is 34.5 Å². The van der Waals surface area contributed by atoms with Gasteiger partial charge in [0.1, 0.15) is 23.0 Å². The molecule has 8 N–H and O–H groups in total. The Morgan fingerprint density at radius 2 is 0.772 bits per heavy atom. The Morgan fingerprint density at radius 1 is 0.380 bits per heavy atom. The van der Waals surface area contributed by atoms with E-state index in [1.165, 1.54) is 46.5 Å². The third-order valence-electron chi connectivity index (χ3n) is 11.8. The Morgan fingerprint density at radius 3 is 1.19 bits per heavy atom. The lowest BCUT2D eigenvalue weighted by Crippen LogP contribution is -2.14. The van der Waals surface area contributed by atoms with Gasteiger partial charge in [0.05, 0.1) is 72.1 Å². The molecule has 0 aromatic heterocycles. The predicted octanol–water partition coefficient (Wildman–Crippen LogP) is 12.0. The molecule has 79 heavy (non-hydrogen) atoms. The summed E-state index contributed by atoms with van der Waals surface area (Å²) < 4.78 is 40.0. The van der Waals surface area contributed by atoms with E-state index in [1.54, 1.807) is 46.3 Å². The highest BCUT2D eigenvalue weighted by atomic mass is 16.5. The van der Waals surface area contributed by atoms with Gasteiger partial charge in [0.25, 0.3) is 0 Å². The van der Waals surface area contributed by atoms with Gasteiger partial charge in [0.2, 0.25) is 17.2 Å². The van der Waals surface area contributed by atoms with E-state index in [9.17, 15) is 55.2 Å². The smallest absolute Gasteiger partial charge is 0.338 e. The van der Waals surface area contributed by atoms with Crippen LogP contribution in [0.1, 0.15) is 152 Å². The number of benzene rings is 5. The molecule has 0 aliphatic carbocycles. The summed E-state index contributed by atoms with van der Waals surface area (Å²) in [5.41, 5.74) is 5.38. The van der Waals surface area contributed by atoms with Gasteiger partial charge >= 0.3 is 17.9 Å². The minimum absolute atomic E-state index is 0.0197. The minimum Gasteiger partial charge on any atom is -0.508 e. The Kier molecular flexibility index (Phi) is 27.3. The Balaban J connectivity index is 0.000000495. The number of esters is 3. The van der Waals surface area contributed by atoms with Gasteiger partial charge in [-0.3, -0.25) is 0 Å². The molecule has 5 rings (SSSR count). The van der Waals surface area contributed by atoms with Gasteiger partial charge in [0, 0.05) is 27.8 Å². The summed E-state index contributed by atoms with van der Waals surface area (Å²) in [6.45, 7) is 27.7. The van der Waals surface area contributed by atoms with Gasteiger partial charge in [-0.05, 0) is 118 Å². The number of carbonyl (C=O) groups excluding carboxylic acids is 3. The van der Waals surface area contributed by atoms with Crippen LogP contribution in [0.2, 0.25) is 0 Å². The molecule has 5 aromatic rings. The SMILES string of the molecule is CCCOC(=O)c1cc(O)c(O)c(OC)c1C.CCCOC(=O)c1cc(O)c(OC)c(O)c1C.CCCOC(=O)c1cc(OC)c(O)c(O)c1C.COc1ccc(O)c(C(C)(C)C)c1C.COc1ccc(O)c(C)c1C(C)(C)C. The third-order valence-corrected chi connectivity index (χ3v) is 11.8. The average molecular weight is 1110 g/mol. The van der Waals surface area contributed by atoms with E-state index >= 15 is 0 Å². The average Bonchev–Trinajstić information content (AvgIpc) is 3.40. The van der Waals surface area contributed by atoms with Gasteiger partial charge in [-0.25, -0.2) is 14.4 Å². The van der Waals surface area contributed by atoms with Gasteiger partial charge < -0.3 is 78.7 Å². The Labute approximate surface area is 464 Å². The molecule has 0 unspecified atom stereocenters. The third kappa shape index (κ3) is 18.5. The lowest BCUT2D eigenvalue weighted by Gasteiger charge is -2.24. The summed E-state index contributed by atoms with van der Waals surface area (Å²) >= 11 is 0. The fourth-order valence-corrected chi connectivity index (χ4v) is 7.87. The molecule has 19 nitrogen and oxygen atoms in total. The summed E-state index contributed by atoms with van der Waals surface area (Å²) in [5, 5.41) is 76.9. The summed E-state index contributed by atoms with van der Waals surface area (Å²) in [4.78, 5) is 35.0. The van der Waals surface area contributed by atoms with Crippen molar-refractivity contribution in [2.24, 2.45) is 0 Å². The van der Waals surface area contributed by atoms with E-state index in [0.29, 0.717) is 61.7 Å². The van der Waals surface area contributed by atoms with Crippen molar-refractivity contribution >= 4 is 17.9 Å². The maximum Gasteiger partial charge on any atom is 0.338 e. The number of carbonyl (C=O) groups is 3. The van der Waals surface area contributed by atoms with Crippen LogP contribution in [-0.2, 0) is 25.0 Å². The zero-order valence-electron chi connectivity index (χ0n) is 49.4. The highest BCUT2D eigenvalue weighted by Crippen LogP contribution is 2.43. The lowest BCUT2D eigenvalue weighted by molar-refractivity contribution is 0.0494. The molecule has 0 saturated carbocycles. The lowest BCUT2D eigenvalue weighted by atomic mass is 9.83. The quantitative estimate of drug-likeness (QED) is 0.0291. The number of hydrogen-bond donors (Lipinski definition) is 8. The molecule has 0 aliphatic heterocycles. The van der Waals surface area contributed by atoms with Crippen LogP contribution in [0.15, 0.2) is 42.5 Å². The number of phenols is 8. The monoisotopic (exact) mass is 1110 g/mol. The second kappa shape index (κ2) is 31.3. The Hall–Kier alpha value is -8.09. The number of rotatable bonds is 14. The maximum atomic E-state index is 11.7. The molecule has 0 amide bonds. The van der Waals surface area contributed by atoms with E-state index in [0.717, 1.165) is 33.8 Å². The fourth-order valence-electron chi connectivity index (χ4n) is 7.87. The standard InChI is InChI=1S/3C12H16O5.2C12H18O2/c1-4-5-17-12(15)8-6-9(13)10(14)11(16-3)7(8)2;1-4-5-17-12(15)8-6-9(16-3)11(14)10(13)7(8)2;1-4-5-17-12(15)8-6-9(13)11(16-3)10(14)7(8)2;1-8-10(14-5)7-6-9(13)11(8)12(2,3)4;1-8-9(13)6-7-10(14-5)11(8)12(2,3)4/h3*6,13-14H,4-5H2,1-3H3;2*6-7,13H,1-5H3. The largest absolute Gasteiger partial charge is 0.508 e. The number of phenolic OH excluding ortho intramolecular Hbond substituents is 8. The molecule has 0 fully saturated rings. The van der Waals surface area contributed by atoms with Crippen molar-refractivity contribution < 1.29 is 93.1 Å². The van der Waals surface area contributed by atoms with Crippen LogP contribution in [0.4, 0.5) is 0 Å². The molecular formula is C60H84O19. The normalized spacial score (nSPS) is 10.6. The first-order valence-electron chi connectivity index (χ1n) is 25.4. The van der Waals surface area contributed by atoms with Crippen molar-refractivity contribution in [3.63, 3.8) is 0 Å². The van der Waals surface area contributed by atoms with Gasteiger partial charge in [-0.15, -0.1) is 0 Å². The van der Waals surface area contributed by atoms with Crippen LogP contribution >= 0.6 is 0 Å². The summed E-state index contributed by atoms with van der Waals surface area (Å²) in [7, 11) is 7.31. The topological polar surface area (TPSA) is 287 Å². The highest BCUT2D eigenvalue weighted by molar-refractivity contribution is 5.94. The molecule has 19 heteroatoms. The maximum absolute atomic E-state index is 11.7. The zero-order valence-corrected chi connectivity index (χ0v) is 49.4. The highest BCUT2D eigenvalue weighted by Gasteiger charge is 2.26. The molecule has 0 radical (unpaired) electrons. The second-order valence-electron chi connectivity index (χ2n) is 19.8. The van der Waals surface area contributed by atoms with Crippen LogP contribution in [0, 0.1) is 34.6 Å². The van der Waals surface area contributed by atoms with Crippen LogP contribution in [0.5, 0.6) is 74.7 Å². The number of methoxy groups -OCH3 is 5. The molecule has 5 aromatic carbocycles. The van der Waals surface area contributed by atoms with Crippen LogP contribution in [0.25, 0.3) is 0 Å². The van der Waals surface area contributed by atoms with E-state index in [2.05, 4.69) is 41.5 Å². The molecule has 0 spiro atoms. The molecule has 0 atom stereocenters. The van der Waals surface area contributed by atoms with Crippen molar-refractivity contribution in [1.82, 2.24) is 0 Å². The van der Waals surface area contributed by atoms with Crippen LogP contribution < -0.4 is 23.7 Å². The first-order chi connectivity index (χ1) is 36.8. The van der Waals surface area contributed by atoms with Gasteiger partial charge in [-0.2, -0.15) is 0 Å². The van der Waals surface area contributed by atoms with Crippen LogP contribution in [-0.4, -0.2) is 114 Å².